The molecule has 0 aliphatic carbocycles. The smallest absolute Gasteiger partial charge is 0.306 e. The van der Waals surface area contributed by atoms with Crippen molar-refractivity contribution in [3.05, 3.63) is 12.7 Å². The van der Waals surface area contributed by atoms with E-state index in [1.165, 1.54) is 17.3 Å². The molecule has 7 heteroatoms. The molecule has 0 saturated carbocycles. The maximum atomic E-state index is 12.2. The highest BCUT2D eigenvalue weighted by molar-refractivity contribution is 5.88. The topological polar surface area (TPSA) is 105 Å². The van der Waals surface area contributed by atoms with Crippen molar-refractivity contribution in [2.24, 2.45) is 5.41 Å². The number of aliphatic carboxylic acids is 1. The van der Waals surface area contributed by atoms with E-state index in [0.29, 0.717) is 0 Å². The number of hydrogen-bond acceptors (Lipinski definition) is 5. The number of aromatic nitrogens is 3. The first-order chi connectivity index (χ1) is 8.23. The zero-order chi connectivity index (χ0) is 13.9. The van der Waals surface area contributed by atoms with Gasteiger partial charge in [0.25, 0.3) is 0 Å². The summed E-state index contributed by atoms with van der Waals surface area (Å²) in [7, 11) is 0. The van der Waals surface area contributed by atoms with Crippen molar-refractivity contribution in [3.63, 3.8) is 0 Å². The largest absolute Gasteiger partial charge is 0.481 e. The third-order valence-corrected chi connectivity index (χ3v) is 2.48. The maximum Gasteiger partial charge on any atom is 0.306 e. The van der Waals surface area contributed by atoms with Gasteiger partial charge < -0.3 is 10.2 Å². The molecule has 0 radical (unpaired) electrons. The van der Waals surface area contributed by atoms with Crippen LogP contribution in [0, 0.1) is 5.41 Å². The molecule has 0 aliphatic heterocycles. The van der Waals surface area contributed by atoms with Gasteiger partial charge in [0.15, 0.2) is 5.78 Å². The highest BCUT2D eigenvalue weighted by Crippen LogP contribution is 2.26. The Bertz CT molecular complexity index is 422. The summed E-state index contributed by atoms with van der Waals surface area (Å²) in [6, 6.07) is -1.04. The molecule has 1 heterocycles. The van der Waals surface area contributed by atoms with Crippen molar-refractivity contribution in [2.45, 2.75) is 39.3 Å². The maximum absolute atomic E-state index is 12.2. The van der Waals surface area contributed by atoms with Gasteiger partial charge in [0.1, 0.15) is 18.7 Å². The molecule has 0 fully saturated rings. The number of carbonyl (C=O) groups is 2. The van der Waals surface area contributed by atoms with Crippen molar-refractivity contribution in [1.29, 1.82) is 0 Å². The lowest BCUT2D eigenvalue weighted by Gasteiger charge is -2.27. The fourth-order valence-corrected chi connectivity index (χ4v) is 1.57. The first kappa shape index (κ1) is 14.3. The molecule has 18 heavy (non-hydrogen) atoms. The van der Waals surface area contributed by atoms with Gasteiger partial charge in [-0.1, -0.05) is 20.8 Å². The van der Waals surface area contributed by atoms with Crippen LogP contribution >= 0.6 is 0 Å². The first-order valence-corrected chi connectivity index (χ1v) is 5.51. The van der Waals surface area contributed by atoms with Crippen LogP contribution < -0.4 is 0 Å². The first-order valence-electron chi connectivity index (χ1n) is 5.51. The van der Waals surface area contributed by atoms with Crippen LogP contribution in [0.1, 0.15) is 33.2 Å². The van der Waals surface area contributed by atoms with Gasteiger partial charge in [0.2, 0.25) is 0 Å². The van der Waals surface area contributed by atoms with E-state index in [0.717, 1.165) is 0 Å². The number of aliphatic hydroxyl groups excluding tert-OH is 1. The zero-order valence-corrected chi connectivity index (χ0v) is 10.6. The Kier molecular flexibility index (Phi) is 4.18. The summed E-state index contributed by atoms with van der Waals surface area (Å²) in [6.45, 7) is 5.10. The number of carboxylic acid groups (broad SMARTS) is 1. The lowest BCUT2D eigenvalue weighted by molar-refractivity contribution is -0.142. The third-order valence-electron chi connectivity index (χ3n) is 2.48. The monoisotopic (exact) mass is 255 g/mol. The van der Waals surface area contributed by atoms with Crippen molar-refractivity contribution < 1.29 is 19.8 Å². The van der Waals surface area contributed by atoms with Crippen molar-refractivity contribution in [2.75, 3.05) is 0 Å². The number of ketones is 1. The Morgan fingerprint density at radius 1 is 1.39 bits per heavy atom. The van der Waals surface area contributed by atoms with Gasteiger partial charge in [-0.2, -0.15) is 5.10 Å². The minimum atomic E-state index is -1.34. The van der Waals surface area contributed by atoms with E-state index in [1.807, 2.05) is 0 Å². The third kappa shape index (κ3) is 3.36. The molecule has 1 aromatic rings. The van der Waals surface area contributed by atoms with Gasteiger partial charge in [-0.3, -0.25) is 9.59 Å². The van der Waals surface area contributed by atoms with E-state index < -0.39 is 30.0 Å². The molecule has 100 valence electrons. The number of carboxylic acids is 1. The van der Waals surface area contributed by atoms with Gasteiger partial charge >= 0.3 is 5.97 Å². The summed E-state index contributed by atoms with van der Waals surface area (Å²) >= 11 is 0. The molecule has 2 atom stereocenters. The molecule has 0 amide bonds. The molecule has 0 aliphatic rings. The predicted molar refractivity (Wildman–Crippen MR) is 61.8 cm³/mol. The van der Waals surface area contributed by atoms with Crippen molar-refractivity contribution >= 4 is 11.8 Å². The lowest BCUT2D eigenvalue weighted by Crippen LogP contribution is -2.39. The number of nitrogens with zero attached hydrogens (tertiary/aromatic N) is 3. The Morgan fingerprint density at radius 3 is 2.39 bits per heavy atom. The molecule has 2 unspecified atom stereocenters. The van der Waals surface area contributed by atoms with Crippen LogP contribution in [-0.4, -0.2) is 42.8 Å². The number of rotatable bonds is 5. The van der Waals surface area contributed by atoms with Crippen LogP contribution in [0.2, 0.25) is 0 Å². The van der Waals surface area contributed by atoms with E-state index in [4.69, 9.17) is 5.11 Å². The van der Waals surface area contributed by atoms with Crippen LogP contribution in [0.4, 0.5) is 0 Å². The highest BCUT2D eigenvalue weighted by Gasteiger charge is 2.37. The second-order valence-electron chi connectivity index (χ2n) is 5.10. The Hall–Kier alpha value is -1.76. The molecule has 0 saturated heterocycles. The molecular weight excluding hydrogens is 238 g/mol. The lowest BCUT2D eigenvalue weighted by atomic mass is 9.84. The summed E-state index contributed by atoms with van der Waals surface area (Å²) in [6.07, 6.45) is 0.665. The standard InChI is InChI=1S/C11H17N3O4/c1-11(2,3)10(18)9(7(15)4-8(16)17)14-6-12-5-13-14/h5-7,9,15H,4H2,1-3H3,(H,16,17). The minimum absolute atomic E-state index is 0.290. The van der Waals surface area contributed by atoms with E-state index in [-0.39, 0.29) is 5.78 Å². The van der Waals surface area contributed by atoms with E-state index in [9.17, 15) is 14.7 Å². The molecule has 1 aromatic heterocycles. The quantitative estimate of drug-likeness (QED) is 0.782. The van der Waals surface area contributed by atoms with E-state index in [2.05, 4.69) is 10.1 Å². The van der Waals surface area contributed by atoms with Crippen LogP contribution in [0.3, 0.4) is 0 Å². The highest BCUT2D eigenvalue weighted by atomic mass is 16.4. The number of Topliss-reactive ketones (excluding diaryl/α,β-unsaturated/α-hetero) is 1. The Morgan fingerprint density at radius 2 is 2.00 bits per heavy atom. The van der Waals surface area contributed by atoms with Gasteiger partial charge in [0.05, 0.1) is 12.5 Å². The van der Waals surface area contributed by atoms with Crippen molar-refractivity contribution in [1.82, 2.24) is 14.8 Å². The number of hydrogen-bond donors (Lipinski definition) is 2. The zero-order valence-electron chi connectivity index (χ0n) is 10.6. The average Bonchev–Trinajstić information content (AvgIpc) is 2.68. The van der Waals surface area contributed by atoms with E-state index in [1.54, 1.807) is 20.8 Å². The molecule has 7 nitrogen and oxygen atoms in total. The SMILES string of the molecule is CC(C)(C)C(=O)C(C(O)CC(=O)O)n1cncn1. The fraction of sp³-hybridized carbons (Fsp3) is 0.636. The molecule has 0 aromatic carbocycles. The second kappa shape index (κ2) is 5.26. The second-order valence-corrected chi connectivity index (χ2v) is 5.10. The number of aliphatic hydroxyl groups is 1. The summed E-state index contributed by atoms with van der Waals surface area (Å²) in [5, 5.41) is 22.4. The van der Waals surface area contributed by atoms with Gasteiger partial charge in [0, 0.05) is 5.41 Å². The molecule has 1 rings (SSSR count). The summed E-state index contributed by atoms with van der Waals surface area (Å²) in [5.41, 5.74) is -0.712. The summed E-state index contributed by atoms with van der Waals surface area (Å²) in [5.74, 6) is -1.46. The minimum Gasteiger partial charge on any atom is -0.481 e. The van der Waals surface area contributed by atoms with Crippen molar-refractivity contribution in [3.8, 4) is 0 Å². The normalized spacial score (nSPS) is 15.1. The average molecular weight is 255 g/mol. The van der Waals surface area contributed by atoms with Crippen LogP contribution in [0.5, 0.6) is 0 Å². The van der Waals surface area contributed by atoms with E-state index >= 15 is 0 Å². The predicted octanol–water partition coefficient (Wildman–Crippen LogP) is 0.270. The van der Waals surface area contributed by atoms with Gasteiger partial charge in [-0.15, -0.1) is 0 Å². The van der Waals surface area contributed by atoms with Crippen LogP contribution in [-0.2, 0) is 9.59 Å². The molecule has 2 N–H and O–H groups in total. The summed E-state index contributed by atoms with van der Waals surface area (Å²) < 4.78 is 1.20. The van der Waals surface area contributed by atoms with Crippen LogP contribution in [0.15, 0.2) is 12.7 Å². The summed E-state index contributed by atoms with van der Waals surface area (Å²) in [4.78, 5) is 26.6. The van der Waals surface area contributed by atoms with Gasteiger partial charge in [-0.25, -0.2) is 9.67 Å². The number of carbonyl (C=O) groups excluding carboxylic acids is 1. The fourth-order valence-electron chi connectivity index (χ4n) is 1.57. The van der Waals surface area contributed by atoms with Crippen LogP contribution in [0.25, 0.3) is 0 Å². The molecular formula is C11H17N3O4. The Labute approximate surface area is 104 Å². The Balaban J connectivity index is 3.04. The van der Waals surface area contributed by atoms with Gasteiger partial charge in [-0.05, 0) is 0 Å². The molecule has 0 bridgehead atoms. The molecule has 0 spiro atoms.